The maximum absolute atomic E-state index is 11.0. The van der Waals surface area contributed by atoms with E-state index in [1.165, 1.54) is 0 Å². The molecule has 0 amide bonds. The number of aromatic nitrogens is 2. The molecule has 2 aromatic heterocycles. The lowest BCUT2D eigenvalue weighted by molar-refractivity contribution is -0.0290. The molecule has 1 aliphatic heterocycles. The number of hydrogen-bond acceptors (Lipinski definition) is 5. The van der Waals surface area contributed by atoms with Crippen LogP contribution in [0.15, 0.2) is 48.8 Å². The van der Waals surface area contributed by atoms with E-state index in [2.05, 4.69) is 25.8 Å². The van der Waals surface area contributed by atoms with E-state index in [0.717, 1.165) is 63.4 Å². The van der Waals surface area contributed by atoms with Crippen molar-refractivity contribution in [3.05, 3.63) is 54.5 Å². The van der Waals surface area contributed by atoms with Gasteiger partial charge in [0.15, 0.2) is 0 Å². The summed E-state index contributed by atoms with van der Waals surface area (Å²) in [6, 6.07) is 12.5. The molecule has 1 aliphatic carbocycles. The van der Waals surface area contributed by atoms with Crippen LogP contribution in [0.3, 0.4) is 0 Å². The van der Waals surface area contributed by atoms with Gasteiger partial charge in [-0.15, -0.1) is 0 Å². The van der Waals surface area contributed by atoms with Crippen LogP contribution in [0.25, 0.3) is 0 Å². The average Bonchev–Trinajstić information content (AvgIpc) is 2.70. The fraction of sp³-hybridized carbons (Fsp3) is 0.500. The van der Waals surface area contributed by atoms with Gasteiger partial charge in [0, 0.05) is 44.6 Å². The molecule has 0 unspecified atom stereocenters. The highest BCUT2D eigenvalue weighted by Crippen LogP contribution is 2.37. The Hall–Kier alpha value is -1.98. The molecule has 132 valence electrons. The summed E-state index contributed by atoms with van der Waals surface area (Å²) in [6.45, 7) is 4.20. The summed E-state index contributed by atoms with van der Waals surface area (Å²) in [4.78, 5) is 13.8. The van der Waals surface area contributed by atoms with E-state index in [1.807, 2.05) is 36.5 Å². The Morgan fingerprint density at radius 2 is 1.56 bits per heavy atom. The second-order valence-corrected chi connectivity index (χ2v) is 7.19. The molecule has 1 N–H and O–H groups in total. The molecule has 0 bridgehead atoms. The Labute approximate surface area is 149 Å². The van der Waals surface area contributed by atoms with Crippen molar-refractivity contribution in [2.75, 3.05) is 31.1 Å². The van der Waals surface area contributed by atoms with Gasteiger partial charge in [0.25, 0.3) is 0 Å². The minimum Gasteiger partial charge on any atom is -0.384 e. The van der Waals surface area contributed by atoms with E-state index in [0.29, 0.717) is 6.04 Å². The van der Waals surface area contributed by atoms with Crippen molar-refractivity contribution in [1.29, 1.82) is 0 Å². The predicted molar refractivity (Wildman–Crippen MR) is 98.4 cm³/mol. The van der Waals surface area contributed by atoms with Crippen molar-refractivity contribution in [3.8, 4) is 0 Å². The Balaban J connectivity index is 1.32. The Bertz CT molecular complexity index is 663. The fourth-order valence-corrected chi connectivity index (χ4v) is 4.20. The van der Waals surface area contributed by atoms with Gasteiger partial charge in [0.05, 0.1) is 5.69 Å². The third kappa shape index (κ3) is 3.53. The van der Waals surface area contributed by atoms with Gasteiger partial charge < -0.3 is 10.0 Å². The van der Waals surface area contributed by atoms with Gasteiger partial charge in [-0.05, 0) is 49.9 Å². The van der Waals surface area contributed by atoms with E-state index in [-0.39, 0.29) is 0 Å². The van der Waals surface area contributed by atoms with Crippen LogP contribution < -0.4 is 4.90 Å². The van der Waals surface area contributed by atoms with E-state index in [4.69, 9.17) is 0 Å². The number of pyridine rings is 2. The molecular formula is C20H26N4O. The molecule has 0 aromatic carbocycles. The molecule has 2 aliphatic rings. The number of aliphatic hydroxyl groups is 1. The molecule has 3 heterocycles. The number of rotatable bonds is 3. The summed E-state index contributed by atoms with van der Waals surface area (Å²) in [5.74, 6) is 1.08. The highest BCUT2D eigenvalue weighted by molar-refractivity contribution is 5.38. The summed E-state index contributed by atoms with van der Waals surface area (Å²) in [7, 11) is 0. The van der Waals surface area contributed by atoms with Gasteiger partial charge in [0.1, 0.15) is 11.4 Å². The largest absolute Gasteiger partial charge is 0.384 e. The van der Waals surface area contributed by atoms with Gasteiger partial charge in [0.2, 0.25) is 0 Å². The molecule has 2 fully saturated rings. The molecule has 25 heavy (non-hydrogen) atoms. The number of anilines is 1. The van der Waals surface area contributed by atoms with Crippen molar-refractivity contribution in [1.82, 2.24) is 14.9 Å². The Morgan fingerprint density at radius 1 is 0.880 bits per heavy atom. The van der Waals surface area contributed by atoms with E-state index < -0.39 is 5.60 Å². The van der Waals surface area contributed by atoms with Gasteiger partial charge in [-0.1, -0.05) is 12.1 Å². The van der Waals surface area contributed by atoms with Crippen molar-refractivity contribution < 1.29 is 5.11 Å². The SMILES string of the molecule is O[C@]1(c2ccccn2)CC[C@H](N2CCN(c3ccccn3)CC2)CC1. The standard InChI is InChI=1S/C20H26N4O/c25-20(18-5-1-3-11-21-18)9-7-17(8-10-20)23-13-15-24(16-14-23)19-6-2-4-12-22-19/h1-6,11-12,17,25H,7-10,13-16H2/t17-,20+. The van der Waals surface area contributed by atoms with Gasteiger partial charge in [-0.2, -0.15) is 0 Å². The van der Waals surface area contributed by atoms with E-state index in [9.17, 15) is 5.11 Å². The zero-order valence-electron chi connectivity index (χ0n) is 14.6. The molecule has 4 rings (SSSR count). The predicted octanol–water partition coefficient (Wildman–Crippen LogP) is 2.43. The molecule has 5 heteroatoms. The lowest BCUT2D eigenvalue weighted by atomic mass is 9.79. The van der Waals surface area contributed by atoms with Gasteiger partial charge in [-0.25, -0.2) is 4.98 Å². The average molecular weight is 338 g/mol. The van der Waals surface area contributed by atoms with Gasteiger partial charge in [-0.3, -0.25) is 9.88 Å². The minimum atomic E-state index is -0.743. The first-order valence-corrected chi connectivity index (χ1v) is 9.28. The highest BCUT2D eigenvalue weighted by Gasteiger charge is 2.38. The van der Waals surface area contributed by atoms with Gasteiger partial charge >= 0.3 is 0 Å². The first kappa shape index (κ1) is 16.5. The van der Waals surface area contributed by atoms with Crippen LogP contribution >= 0.6 is 0 Å². The minimum absolute atomic E-state index is 0.579. The monoisotopic (exact) mass is 338 g/mol. The van der Waals surface area contributed by atoms with Crippen LogP contribution in [-0.2, 0) is 5.60 Å². The van der Waals surface area contributed by atoms with E-state index in [1.54, 1.807) is 6.20 Å². The van der Waals surface area contributed by atoms with Crippen molar-refractivity contribution in [2.45, 2.75) is 37.3 Å². The van der Waals surface area contributed by atoms with Crippen molar-refractivity contribution in [3.63, 3.8) is 0 Å². The zero-order valence-corrected chi connectivity index (χ0v) is 14.6. The van der Waals surface area contributed by atoms with E-state index >= 15 is 0 Å². The lowest BCUT2D eigenvalue weighted by Crippen LogP contribution is -2.52. The topological polar surface area (TPSA) is 52.5 Å². The summed E-state index contributed by atoms with van der Waals surface area (Å²) in [5.41, 5.74) is 0.0847. The molecule has 0 spiro atoms. The summed E-state index contributed by atoms with van der Waals surface area (Å²) in [6.07, 6.45) is 7.31. The molecular weight excluding hydrogens is 312 g/mol. The van der Waals surface area contributed by atoms with Crippen LogP contribution in [0.2, 0.25) is 0 Å². The van der Waals surface area contributed by atoms with Crippen LogP contribution in [0.5, 0.6) is 0 Å². The summed E-state index contributed by atoms with van der Waals surface area (Å²) in [5, 5.41) is 11.0. The normalized spacial score (nSPS) is 28.0. The number of nitrogens with zero attached hydrogens (tertiary/aromatic N) is 4. The fourth-order valence-electron chi connectivity index (χ4n) is 4.20. The molecule has 5 nitrogen and oxygen atoms in total. The highest BCUT2D eigenvalue weighted by atomic mass is 16.3. The third-order valence-electron chi connectivity index (χ3n) is 5.73. The number of piperazine rings is 1. The van der Waals surface area contributed by atoms with Crippen LogP contribution in [-0.4, -0.2) is 52.2 Å². The van der Waals surface area contributed by atoms with Crippen LogP contribution in [0.4, 0.5) is 5.82 Å². The van der Waals surface area contributed by atoms with Crippen molar-refractivity contribution >= 4 is 5.82 Å². The number of hydrogen-bond donors (Lipinski definition) is 1. The quantitative estimate of drug-likeness (QED) is 0.931. The summed E-state index contributed by atoms with van der Waals surface area (Å²) >= 11 is 0. The molecule has 1 saturated heterocycles. The van der Waals surface area contributed by atoms with Crippen molar-refractivity contribution in [2.24, 2.45) is 0 Å². The lowest BCUT2D eigenvalue weighted by Gasteiger charge is -2.44. The Morgan fingerprint density at radius 3 is 2.16 bits per heavy atom. The third-order valence-corrected chi connectivity index (χ3v) is 5.73. The smallest absolute Gasteiger partial charge is 0.128 e. The second-order valence-electron chi connectivity index (χ2n) is 7.19. The maximum Gasteiger partial charge on any atom is 0.128 e. The summed E-state index contributed by atoms with van der Waals surface area (Å²) < 4.78 is 0. The maximum atomic E-state index is 11.0. The zero-order chi connectivity index (χ0) is 17.1. The molecule has 0 atom stereocenters. The molecule has 2 aromatic rings. The first-order valence-electron chi connectivity index (χ1n) is 9.28. The first-order chi connectivity index (χ1) is 12.2. The van der Waals surface area contributed by atoms with Crippen LogP contribution in [0, 0.1) is 0 Å². The molecule has 1 saturated carbocycles. The Kier molecular flexibility index (Phi) is 4.68. The van der Waals surface area contributed by atoms with Crippen LogP contribution in [0.1, 0.15) is 31.4 Å². The molecule has 0 radical (unpaired) electrons. The second kappa shape index (κ2) is 7.10.